The molecule has 0 aliphatic rings. The fourth-order valence-electron chi connectivity index (χ4n) is 1.37. The lowest BCUT2D eigenvalue weighted by Crippen LogP contribution is -2.10. The van der Waals surface area contributed by atoms with Crippen molar-refractivity contribution in [2.45, 2.75) is 26.4 Å². The monoisotopic (exact) mass is 204 g/mol. The molecule has 0 saturated carbocycles. The minimum Gasteiger partial charge on any atom is -0.453 e. The van der Waals surface area contributed by atoms with Gasteiger partial charge in [0.05, 0.1) is 0 Å². The summed E-state index contributed by atoms with van der Waals surface area (Å²) < 4.78 is 5.25. The SMILES string of the molecule is C=C(CC)C(OC(C)=O)c1ccccc1. The molecule has 0 fully saturated rings. The van der Waals surface area contributed by atoms with Crippen molar-refractivity contribution in [3.8, 4) is 0 Å². The van der Waals surface area contributed by atoms with E-state index < -0.39 is 0 Å². The van der Waals surface area contributed by atoms with E-state index in [9.17, 15) is 4.79 Å². The van der Waals surface area contributed by atoms with E-state index in [2.05, 4.69) is 6.58 Å². The van der Waals surface area contributed by atoms with Gasteiger partial charge in [-0.15, -0.1) is 0 Å². The summed E-state index contributed by atoms with van der Waals surface area (Å²) in [6, 6.07) is 9.66. The highest BCUT2D eigenvalue weighted by atomic mass is 16.5. The lowest BCUT2D eigenvalue weighted by Gasteiger charge is -2.18. The number of hydrogen-bond acceptors (Lipinski definition) is 2. The third kappa shape index (κ3) is 3.24. The van der Waals surface area contributed by atoms with E-state index in [0.717, 1.165) is 17.6 Å². The van der Waals surface area contributed by atoms with Crippen molar-refractivity contribution in [3.63, 3.8) is 0 Å². The largest absolute Gasteiger partial charge is 0.453 e. The molecule has 1 atom stereocenters. The molecule has 0 aliphatic carbocycles. The van der Waals surface area contributed by atoms with Crippen LogP contribution in [0.3, 0.4) is 0 Å². The zero-order valence-corrected chi connectivity index (χ0v) is 9.19. The molecule has 15 heavy (non-hydrogen) atoms. The van der Waals surface area contributed by atoms with Crippen LogP contribution in [0.1, 0.15) is 31.9 Å². The average molecular weight is 204 g/mol. The van der Waals surface area contributed by atoms with Crippen molar-refractivity contribution in [3.05, 3.63) is 48.0 Å². The average Bonchev–Trinajstić information content (AvgIpc) is 2.26. The predicted molar refractivity (Wildman–Crippen MR) is 60.4 cm³/mol. The molecule has 0 N–H and O–H groups in total. The molecule has 0 bridgehead atoms. The first-order valence-electron chi connectivity index (χ1n) is 5.05. The Bertz CT molecular complexity index is 341. The molecule has 0 aliphatic heterocycles. The van der Waals surface area contributed by atoms with E-state index in [1.54, 1.807) is 0 Å². The highest BCUT2D eigenvalue weighted by molar-refractivity contribution is 5.66. The molecule has 0 amide bonds. The number of esters is 1. The van der Waals surface area contributed by atoms with Gasteiger partial charge in [0.25, 0.3) is 0 Å². The number of rotatable bonds is 4. The minimum atomic E-state index is -0.311. The van der Waals surface area contributed by atoms with Gasteiger partial charge in [0.15, 0.2) is 0 Å². The Morgan fingerprint density at radius 2 is 2.00 bits per heavy atom. The summed E-state index contributed by atoms with van der Waals surface area (Å²) in [6.07, 6.45) is 0.487. The maximum atomic E-state index is 11.0. The van der Waals surface area contributed by atoms with Crippen LogP contribution in [0.25, 0.3) is 0 Å². The maximum Gasteiger partial charge on any atom is 0.303 e. The second-order valence-electron chi connectivity index (χ2n) is 3.41. The standard InChI is InChI=1S/C13H16O2/c1-4-10(2)13(15-11(3)14)12-8-6-5-7-9-12/h5-9,13H,2,4H2,1,3H3. The summed E-state index contributed by atoms with van der Waals surface area (Å²) in [5.41, 5.74) is 1.89. The van der Waals surface area contributed by atoms with Crippen molar-refractivity contribution in [2.75, 3.05) is 0 Å². The zero-order chi connectivity index (χ0) is 11.3. The van der Waals surface area contributed by atoms with Crippen LogP contribution in [0.4, 0.5) is 0 Å². The topological polar surface area (TPSA) is 26.3 Å². The Kier molecular flexibility index (Phi) is 4.10. The van der Waals surface area contributed by atoms with Crippen LogP contribution in [0.2, 0.25) is 0 Å². The molecule has 1 aromatic carbocycles. The number of hydrogen-bond donors (Lipinski definition) is 0. The van der Waals surface area contributed by atoms with E-state index in [4.69, 9.17) is 4.74 Å². The lowest BCUT2D eigenvalue weighted by atomic mass is 10.0. The van der Waals surface area contributed by atoms with Gasteiger partial charge in [0.1, 0.15) is 6.10 Å². The zero-order valence-electron chi connectivity index (χ0n) is 9.19. The Hall–Kier alpha value is -1.57. The third-order valence-corrected chi connectivity index (χ3v) is 2.21. The second-order valence-corrected chi connectivity index (χ2v) is 3.41. The van der Waals surface area contributed by atoms with Gasteiger partial charge >= 0.3 is 5.97 Å². The van der Waals surface area contributed by atoms with Crippen molar-refractivity contribution in [1.29, 1.82) is 0 Å². The molecule has 1 aromatic rings. The Balaban J connectivity index is 2.91. The van der Waals surface area contributed by atoms with Crippen molar-refractivity contribution >= 4 is 5.97 Å². The van der Waals surface area contributed by atoms with Crippen molar-refractivity contribution in [1.82, 2.24) is 0 Å². The van der Waals surface area contributed by atoms with Gasteiger partial charge in [-0.1, -0.05) is 43.8 Å². The maximum absolute atomic E-state index is 11.0. The van der Waals surface area contributed by atoms with Crippen LogP contribution < -0.4 is 0 Å². The Labute approximate surface area is 90.6 Å². The van der Waals surface area contributed by atoms with Gasteiger partial charge in [0, 0.05) is 6.92 Å². The Morgan fingerprint density at radius 1 is 1.40 bits per heavy atom. The normalized spacial score (nSPS) is 11.9. The summed E-state index contributed by atoms with van der Waals surface area (Å²) >= 11 is 0. The molecule has 0 heterocycles. The molecule has 2 heteroatoms. The number of carbonyl (C=O) groups excluding carboxylic acids is 1. The summed E-state index contributed by atoms with van der Waals surface area (Å²) in [4.78, 5) is 11.0. The smallest absolute Gasteiger partial charge is 0.303 e. The minimum absolute atomic E-state index is 0.279. The molecule has 80 valence electrons. The number of ether oxygens (including phenoxy) is 1. The van der Waals surface area contributed by atoms with Gasteiger partial charge in [-0.05, 0) is 17.6 Å². The molecule has 2 nitrogen and oxygen atoms in total. The van der Waals surface area contributed by atoms with Gasteiger partial charge < -0.3 is 4.74 Å². The van der Waals surface area contributed by atoms with Gasteiger partial charge in [-0.2, -0.15) is 0 Å². The summed E-state index contributed by atoms with van der Waals surface area (Å²) in [6.45, 7) is 7.34. The lowest BCUT2D eigenvalue weighted by molar-refractivity contribution is -0.145. The molecule has 0 saturated heterocycles. The first-order valence-corrected chi connectivity index (χ1v) is 5.05. The fraction of sp³-hybridized carbons (Fsp3) is 0.308. The van der Waals surface area contributed by atoms with Gasteiger partial charge in [-0.25, -0.2) is 0 Å². The van der Waals surface area contributed by atoms with E-state index in [0.29, 0.717) is 0 Å². The van der Waals surface area contributed by atoms with Gasteiger partial charge in [0.2, 0.25) is 0 Å². The van der Waals surface area contributed by atoms with Crippen molar-refractivity contribution in [2.24, 2.45) is 0 Å². The van der Waals surface area contributed by atoms with E-state index in [1.165, 1.54) is 6.92 Å². The van der Waals surface area contributed by atoms with E-state index >= 15 is 0 Å². The van der Waals surface area contributed by atoms with Crippen LogP contribution in [0.15, 0.2) is 42.5 Å². The second kappa shape index (κ2) is 5.35. The summed E-state index contributed by atoms with van der Waals surface area (Å²) in [5.74, 6) is -0.279. The first kappa shape index (κ1) is 11.5. The Morgan fingerprint density at radius 3 is 2.47 bits per heavy atom. The molecule has 0 aromatic heterocycles. The molecule has 0 spiro atoms. The molecule has 0 radical (unpaired) electrons. The fourth-order valence-corrected chi connectivity index (χ4v) is 1.37. The highest BCUT2D eigenvalue weighted by Crippen LogP contribution is 2.26. The van der Waals surface area contributed by atoms with Crippen LogP contribution in [-0.2, 0) is 9.53 Å². The number of benzene rings is 1. The van der Waals surface area contributed by atoms with Gasteiger partial charge in [-0.3, -0.25) is 4.79 Å². The van der Waals surface area contributed by atoms with Crippen LogP contribution in [0, 0.1) is 0 Å². The summed E-state index contributed by atoms with van der Waals surface area (Å²) in [7, 11) is 0. The summed E-state index contributed by atoms with van der Waals surface area (Å²) in [5, 5.41) is 0. The molecule has 1 rings (SSSR count). The van der Waals surface area contributed by atoms with Crippen LogP contribution in [-0.4, -0.2) is 5.97 Å². The molecular weight excluding hydrogens is 188 g/mol. The first-order chi connectivity index (χ1) is 7.15. The van der Waals surface area contributed by atoms with E-state index in [1.807, 2.05) is 37.3 Å². The molecule has 1 unspecified atom stereocenters. The van der Waals surface area contributed by atoms with Crippen molar-refractivity contribution < 1.29 is 9.53 Å². The highest BCUT2D eigenvalue weighted by Gasteiger charge is 2.16. The third-order valence-electron chi connectivity index (χ3n) is 2.21. The van der Waals surface area contributed by atoms with Crippen LogP contribution >= 0.6 is 0 Å². The number of carbonyl (C=O) groups is 1. The predicted octanol–water partition coefficient (Wildman–Crippen LogP) is 3.26. The molecular formula is C13H16O2. The van der Waals surface area contributed by atoms with E-state index in [-0.39, 0.29) is 12.1 Å². The quantitative estimate of drug-likeness (QED) is 0.556. The van der Waals surface area contributed by atoms with Crippen LogP contribution in [0.5, 0.6) is 0 Å².